The van der Waals surface area contributed by atoms with Gasteiger partial charge in [-0.25, -0.2) is 0 Å². The van der Waals surface area contributed by atoms with Crippen LogP contribution in [-0.2, 0) is 14.4 Å². The van der Waals surface area contributed by atoms with Crippen molar-refractivity contribution in [1.29, 1.82) is 0 Å². The zero-order chi connectivity index (χ0) is 24.0. The summed E-state index contributed by atoms with van der Waals surface area (Å²) in [6.45, 7) is 0. The predicted molar refractivity (Wildman–Crippen MR) is 138 cm³/mol. The molecule has 1 radical (unpaired) electrons. The van der Waals surface area contributed by atoms with E-state index < -0.39 is 19.8 Å². The normalized spacial score (nSPS) is 10.2. The maximum atomic E-state index is 12.3. The zero-order valence-corrected chi connectivity index (χ0v) is 22.9. The first kappa shape index (κ1) is 28.4. The minimum atomic E-state index is -2.29. The van der Waals surface area contributed by atoms with Crippen molar-refractivity contribution >= 4 is 50.1 Å². The number of carbonyl (C=O) groups excluding carboxylic acids is 3. The molecule has 0 saturated heterocycles. The van der Waals surface area contributed by atoms with Gasteiger partial charge in [0, 0.05) is 0 Å². The van der Waals surface area contributed by atoms with Gasteiger partial charge in [0.1, 0.15) is 0 Å². The summed E-state index contributed by atoms with van der Waals surface area (Å²) >= 11 is -2.29. The summed E-state index contributed by atoms with van der Waals surface area (Å²) in [4.78, 5) is 36.9. The summed E-state index contributed by atoms with van der Waals surface area (Å²) in [7, 11) is 0. The van der Waals surface area contributed by atoms with Crippen LogP contribution in [0.25, 0.3) is 0 Å². The topological polar surface area (TPSA) is 78.9 Å². The van der Waals surface area contributed by atoms with Crippen LogP contribution in [0, 0.1) is 0 Å². The average molecular weight is 603 g/mol. The number of halogens is 1. The van der Waals surface area contributed by atoms with E-state index in [-0.39, 0.29) is 49.6 Å². The molecule has 0 unspecified atom stereocenters. The van der Waals surface area contributed by atoms with Crippen LogP contribution in [0.5, 0.6) is 17.2 Å². The molecule has 3 aromatic rings. The SMILES string of the molecule is Cl.O=C(C[CH2][Sn]([CH2]CC(=O)Oc1ccccc1)[CH2]CC(=O)Oc1ccccc1)Oc1ccccc1. The summed E-state index contributed by atoms with van der Waals surface area (Å²) in [5.74, 6) is 0.621. The van der Waals surface area contributed by atoms with Crippen molar-refractivity contribution in [3.05, 3.63) is 91.0 Å². The van der Waals surface area contributed by atoms with Crippen LogP contribution in [0.2, 0.25) is 13.3 Å². The van der Waals surface area contributed by atoms with E-state index in [1.54, 1.807) is 72.8 Å². The Bertz CT molecular complexity index is 910. The Balaban J connectivity index is 0.00000432. The van der Waals surface area contributed by atoms with E-state index in [4.69, 9.17) is 14.2 Å². The molecule has 8 heteroatoms. The second-order valence-corrected chi connectivity index (χ2v) is 16.2. The molecule has 0 saturated carbocycles. The molecule has 0 amide bonds. The molecule has 0 aromatic heterocycles. The Kier molecular flexibility index (Phi) is 12.9. The van der Waals surface area contributed by atoms with Crippen LogP contribution in [0.15, 0.2) is 91.0 Å². The van der Waals surface area contributed by atoms with Gasteiger partial charge < -0.3 is 0 Å². The molecule has 0 aliphatic heterocycles. The van der Waals surface area contributed by atoms with Crippen molar-refractivity contribution in [2.45, 2.75) is 32.6 Å². The molecule has 0 fully saturated rings. The van der Waals surface area contributed by atoms with E-state index in [1.165, 1.54) is 0 Å². The van der Waals surface area contributed by atoms with Crippen molar-refractivity contribution in [3.63, 3.8) is 0 Å². The molecule has 0 heterocycles. The first-order valence-corrected chi connectivity index (χ1v) is 17.2. The second kappa shape index (κ2) is 15.9. The molecule has 3 rings (SSSR count). The van der Waals surface area contributed by atoms with E-state index >= 15 is 0 Å². The van der Waals surface area contributed by atoms with Crippen molar-refractivity contribution in [2.24, 2.45) is 0 Å². The van der Waals surface area contributed by atoms with Gasteiger partial charge in [-0.1, -0.05) is 0 Å². The first-order chi connectivity index (χ1) is 16.6. The number of rotatable bonds is 12. The van der Waals surface area contributed by atoms with E-state index in [9.17, 15) is 14.4 Å². The monoisotopic (exact) mass is 603 g/mol. The van der Waals surface area contributed by atoms with Gasteiger partial charge in [-0.15, -0.1) is 12.4 Å². The fourth-order valence-electron chi connectivity index (χ4n) is 3.22. The Morgan fingerprint density at radius 3 is 1.00 bits per heavy atom. The zero-order valence-electron chi connectivity index (χ0n) is 19.3. The summed E-state index contributed by atoms with van der Waals surface area (Å²) in [5.41, 5.74) is 0. The molecule has 0 atom stereocenters. The van der Waals surface area contributed by atoms with Gasteiger partial charge in [-0.3, -0.25) is 0 Å². The number of hydrogen-bond donors (Lipinski definition) is 0. The van der Waals surface area contributed by atoms with Gasteiger partial charge in [0.2, 0.25) is 0 Å². The first-order valence-electron chi connectivity index (χ1n) is 11.2. The van der Waals surface area contributed by atoms with E-state index in [2.05, 4.69) is 0 Å². The number of benzene rings is 3. The maximum absolute atomic E-state index is 12.3. The summed E-state index contributed by atoms with van der Waals surface area (Å²) < 4.78 is 18.2. The van der Waals surface area contributed by atoms with Crippen LogP contribution in [-0.4, -0.2) is 37.7 Å². The molecule has 183 valence electrons. The summed E-state index contributed by atoms with van der Waals surface area (Å²) in [6.07, 6.45) is 0.807. The Hall–Kier alpha value is -2.84. The predicted octanol–water partition coefficient (Wildman–Crippen LogP) is 5.89. The Morgan fingerprint density at radius 2 is 0.743 bits per heavy atom. The van der Waals surface area contributed by atoms with E-state index in [1.807, 2.05) is 18.2 Å². The van der Waals surface area contributed by atoms with Gasteiger partial charge >= 0.3 is 207 Å². The summed E-state index contributed by atoms with van der Waals surface area (Å²) in [5, 5.41) is 0. The van der Waals surface area contributed by atoms with Gasteiger partial charge in [0.05, 0.1) is 0 Å². The van der Waals surface area contributed by atoms with E-state index in [0.29, 0.717) is 30.6 Å². The van der Waals surface area contributed by atoms with Crippen LogP contribution < -0.4 is 14.2 Å². The van der Waals surface area contributed by atoms with Crippen molar-refractivity contribution < 1.29 is 28.6 Å². The number of hydrogen-bond acceptors (Lipinski definition) is 6. The van der Waals surface area contributed by atoms with E-state index in [0.717, 1.165) is 0 Å². The molecule has 0 N–H and O–H groups in total. The minimum absolute atomic E-state index is 0. The summed E-state index contributed by atoms with van der Waals surface area (Å²) in [6, 6.07) is 26.8. The number of ether oxygens (including phenoxy) is 3. The molecular formula is C27H28ClO6Sn. The van der Waals surface area contributed by atoms with Crippen LogP contribution in [0.3, 0.4) is 0 Å². The second-order valence-electron chi connectivity index (χ2n) is 7.61. The third kappa shape index (κ3) is 11.4. The molecule has 0 aliphatic rings. The Morgan fingerprint density at radius 1 is 0.486 bits per heavy atom. The molecule has 6 nitrogen and oxygen atoms in total. The quantitative estimate of drug-likeness (QED) is 0.146. The molecule has 0 spiro atoms. The van der Waals surface area contributed by atoms with Gasteiger partial charge in [0.25, 0.3) is 0 Å². The van der Waals surface area contributed by atoms with Crippen LogP contribution >= 0.6 is 12.4 Å². The average Bonchev–Trinajstić information content (AvgIpc) is 2.85. The fraction of sp³-hybridized carbons (Fsp3) is 0.222. The van der Waals surface area contributed by atoms with Gasteiger partial charge in [-0.05, 0) is 0 Å². The van der Waals surface area contributed by atoms with Gasteiger partial charge in [-0.2, -0.15) is 0 Å². The standard InChI is InChI=1S/3C9H9O2.ClH.Sn/c3*1-2-9(10)11-8-6-4-3-5-7-8;;/h3*3-7H,1-2H2;1H;. The van der Waals surface area contributed by atoms with Crippen molar-refractivity contribution in [1.82, 2.24) is 0 Å². The third-order valence-electron chi connectivity index (χ3n) is 4.97. The number of para-hydroxylation sites is 3. The van der Waals surface area contributed by atoms with Crippen LogP contribution in [0.4, 0.5) is 0 Å². The van der Waals surface area contributed by atoms with Crippen molar-refractivity contribution in [2.75, 3.05) is 0 Å². The Labute approximate surface area is 218 Å². The molecule has 35 heavy (non-hydrogen) atoms. The van der Waals surface area contributed by atoms with Crippen molar-refractivity contribution in [3.8, 4) is 17.2 Å². The van der Waals surface area contributed by atoms with Gasteiger partial charge in [0.15, 0.2) is 0 Å². The van der Waals surface area contributed by atoms with Crippen LogP contribution in [0.1, 0.15) is 19.3 Å². The molecular weight excluding hydrogens is 574 g/mol. The number of carbonyl (C=O) groups is 3. The fourth-order valence-corrected chi connectivity index (χ4v) is 10.1. The molecule has 0 bridgehead atoms. The molecule has 3 aromatic carbocycles. The third-order valence-corrected chi connectivity index (χ3v) is 13.2. The molecule has 0 aliphatic carbocycles. The number of esters is 3.